The molecule has 12 heteroatoms. The molecule has 4 aromatic rings. The summed E-state index contributed by atoms with van der Waals surface area (Å²) in [4.78, 5) is 16.4. The van der Waals surface area contributed by atoms with Gasteiger partial charge in [0.05, 0.1) is 22.7 Å². The summed E-state index contributed by atoms with van der Waals surface area (Å²) < 4.78 is 43.9. The minimum Gasteiger partial charge on any atom is -1.00 e. The van der Waals surface area contributed by atoms with Gasteiger partial charge in [0.25, 0.3) is 10.6 Å². The predicted molar refractivity (Wildman–Crippen MR) is 141 cm³/mol. The van der Waals surface area contributed by atoms with E-state index in [1.165, 1.54) is 46.6 Å². The van der Waals surface area contributed by atoms with E-state index in [-0.39, 0.29) is 18.0 Å². The zero-order chi connectivity index (χ0) is 25.6. The molecule has 2 aromatic carbocycles. The first kappa shape index (κ1) is 27.8. The Morgan fingerprint density at radius 1 is 1.14 bits per heavy atom. The van der Waals surface area contributed by atoms with E-state index in [4.69, 9.17) is 11.6 Å². The lowest BCUT2D eigenvalue weighted by Gasteiger charge is -2.12. The van der Waals surface area contributed by atoms with Gasteiger partial charge < -0.3 is 17.3 Å². The van der Waals surface area contributed by atoms with Gasteiger partial charge >= 0.3 is 6.18 Å². The van der Waals surface area contributed by atoms with Crippen LogP contribution in [0.5, 0.6) is 0 Å². The lowest BCUT2D eigenvalue weighted by Crippen LogP contribution is -3.00. The van der Waals surface area contributed by atoms with Gasteiger partial charge in [0.1, 0.15) is 14.2 Å². The number of thiazole rings is 2. The molecule has 37 heavy (non-hydrogen) atoms. The highest BCUT2D eigenvalue weighted by Crippen LogP contribution is 2.46. The molecule has 194 valence electrons. The first-order valence-electron chi connectivity index (χ1n) is 11.0. The van der Waals surface area contributed by atoms with Gasteiger partial charge in [-0.2, -0.15) is 17.7 Å². The van der Waals surface area contributed by atoms with E-state index < -0.39 is 11.7 Å². The van der Waals surface area contributed by atoms with E-state index in [1.807, 2.05) is 59.3 Å². The molecule has 1 aliphatic rings. The Bertz CT molecular complexity index is 1630. The SMILES string of the molecule is CCn1c(=O)/c(=C2\Sc3cc(Cl)ccc3N2C)s/c1=C\c1scc[n+]1Cc1ccc(C(F)(F)F)cc1.[Cl-]. The summed E-state index contributed by atoms with van der Waals surface area (Å²) in [5.74, 6) is 0. The molecule has 2 aromatic heterocycles. The highest BCUT2D eigenvalue weighted by atomic mass is 35.5. The molecular weight excluding hydrogens is 582 g/mol. The van der Waals surface area contributed by atoms with Crippen molar-refractivity contribution in [1.82, 2.24) is 4.57 Å². The summed E-state index contributed by atoms with van der Waals surface area (Å²) in [5.41, 5.74) is 1.06. The van der Waals surface area contributed by atoms with Gasteiger partial charge in [-0.05, 0) is 37.3 Å². The van der Waals surface area contributed by atoms with Crippen molar-refractivity contribution in [3.63, 3.8) is 0 Å². The number of anilines is 1. The average Bonchev–Trinajstić information content (AvgIpc) is 3.49. The number of halogens is 5. The molecule has 1 aliphatic heterocycles. The molecule has 0 fully saturated rings. The fraction of sp³-hybridized carbons (Fsp3) is 0.200. The number of fused-ring (bicyclic) bond motifs is 1. The summed E-state index contributed by atoms with van der Waals surface area (Å²) in [6.07, 6.45) is -0.490. The average molecular weight is 603 g/mol. The van der Waals surface area contributed by atoms with Gasteiger partial charge in [-0.1, -0.05) is 46.8 Å². The third kappa shape index (κ3) is 5.49. The van der Waals surface area contributed by atoms with Gasteiger partial charge in [-0.3, -0.25) is 9.36 Å². The molecule has 0 saturated heterocycles. The Morgan fingerprint density at radius 3 is 2.54 bits per heavy atom. The molecule has 0 radical (unpaired) electrons. The molecular formula is C25H20Cl2F3N3OS3. The van der Waals surface area contributed by atoms with Gasteiger partial charge in [0.2, 0.25) is 0 Å². The third-order valence-corrected chi connectivity index (χ3v) is 9.36. The Hall–Kier alpha value is -2.24. The van der Waals surface area contributed by atoms with Crippen molar-refractivity contribution in [1.29, 1.82) is 0 Å². The van der Waals surface area contributed by atoms with Gasteiger partial charge in [-0.15, -0.1) is 11.3 Å². The standard InChI is InChI=1S/C25H20ClF3N3OS3.ClH/c1-3-32-21(36-22(23(32)33)24-30(2)18-9-8-17(26)12-19(18)35-24)13-20-31(10-11-34-20)14-15-4-6-16(7-5-15)25(27,28)29;/h4-13H,3,14H2,1-2H3;1H/q+1;/p-1/b24-22+;. The maximum absolute atomic E-state index is 13.4. The van der Waals surface area contributed by atoms with Crippen LogP contribution in [0.25, 0.3) is 11.1 Å². The molecule has 0 amide bonds. The van der Waals surface area contributed by atoms with Crippen LogP contribution in [0.1, 0.15) is 23.1 Å². The van der Waals surface area contributed by atoms with Crippen molar-refractivity contribution in [2.45, 2.75) is 31.1 Å². The number of aromatic nitrogens is 2. The fourth-order valence-corrected chi connectivity index (χ4v) is 7.55. The monoisotopic (exact) mass is 601 g/mol. The van der Waals surface area contributed by atoms with Gasteiger partial charge in [0, 0.05) is 29.1 Å². The summed E-state index contributed by atoms with van der Waals surface area (Å²) in [6, 6.07) is 10.9. The number of thioether (sulfide) groups is 1. The van der Waals surface area contributed by atoms with E-state index in [0.29, 0.717) is 22.6 Å². The van der Waals surface area contributed by atoms with E-state index in [0.717, 1.165) is 43.0 Å². The maximum Gasteiger partial charge on any atom is 0.416 e. The maximum atomic E-state index is 13.4. The Labute approximate surface area is 234 Å². The molecule has 0 unspecified atom stereocenters. The van der Waals surface area contributed by atoms with E-state index in [2.05, 4.69) is 0 Å². The van der Waals surface area contributed by atoms with E-state index >= 15 is 0 Å². The lowest BCUT2D eigenvalue weighted by molar-refractivity contribution is -0.685. The molecule has 0 atom stereocenters. The quantitative estimate of drug-likeness (QED) is 0.336. The van der Waals surface area contributed by atoms with Crippen LogP contribution in [-0.2, 0) is 19.3 Å². The summed E-state index contributed by atoms with van der Waals surface area (Å²) in [5, 5.41) is 4.34. The largest absolute Gasteiger partial charge is 1.00 e. The molecule has 0 spiro atoms. The van der Waals surface area contributed by atoms with Crippen molar-refractivity contribution in [2.75, 3.05) is 11.9 Å². The highest BCUT2D eigenvalue weighted by molar-refractivity contribution is 8.08. The zero-order valence-electron chi connectivity index (χ0n) is 19.6. The topological polar surface area (TPSA) is 29.1 Å². The smallest absolute Gasteiger partial charge is 0.416 e. The first-order valence-corrected chi connectivity index (χ1v) is 13.8. The number of hydrogen-bond acceptors (Lipinski definition) is 5. The van der Waals surface area contributed by atoms with Crippen molar-refractivity contribution in [2.24, 2.45) is 0 Å². The Kier molecular flexibility index (Phi) is 8.16. The zero-order valence-corrected chi connectivity index (χ0v) is 23.5. The second kappa shape index (κ2) is 10.9. The third-order valence-electron chi connectivity index (χ3n) is 5.81. The van der Waals surface area contributed by atoms with Crippen LogP contribution >= 0.6 is 46.0 Å². The van der Waals surface area contributed by atoms with Crippen molar-refractivity contribution < 1.29 is 30.1 Å². The van der Waals surface area contributed by atoms with Crippen molar-refractivity contribution in [3.8, 4) is 0 Å². The molecule has 4 nitrogen and oxygen atoms in total. The van der Waals surface area contributed by atoms with Crippen molar-refractivity contribution >= 4 is 62.8 Å². The van der Waals surface area contributed by atoms with Crippen LogP contribution in [0.15, 0.2) is 63.7 Å². The number of nitrogens with zero attached hydrogens (tertiary/aromatic N) is 3. The number of rotatable bonds is 4. The minimum absolute atomic E-state index is 0. The van der Waals surface area contributed by atoms with Crippen molar-refractivity contribution in [3.05, 3.63) is 94.7 Å². The highest BCUT2D eigenvalue weighted by Gasteiger charge is 2.30. The number of alkyl halides is 3. The van der Waals surface area contributed by atoms with Crippen LogP contribution in [0, 0.1) is 0 Å². The summed E-state index contributed by atoms with van der Waals surface area (Å²) in [6.45, 7) is 2.88. The molecule has 0 aliphatic carbocycles. The second-order valence-corrected chi connectivity index (χ2v) is 11.5. The molecule has 3 heterocycles. The summed E-state index contributed by atoms with van der Waals surface area (Å²) in [7, 11) is 1.94. The van der Waals surface area contributed by atoms with Crippen LogP contribution in [0.3, 0.4) is 0 Å². The van der Waals surface area contributed by atoms with Crippen LogP contribution in [0.4, 0.5) is 18.9 Å². The molecule has 5 rings (SSSR count). The Balaban J connectivity index is 0.00000320. The molecule has 0 N–H and O–H groups in total. The van der Waals surface area contributed by atoms with Gasteiger partial charge in [0.15, 0.2) is 12.7 Å². The van der Waals surface area contributed by atoms with Gasteiger partial charge in [-0.25, -0.2) is 0 Å². The first-order chi connectivity index (χ1) is 17.2. The van der Waals surface area contributed by atoms with E-state index in [9.17, 15) is 18.0 Å². The molecule has 0 bridgehead atoms. The van der Waals surface area contributed by atoms with Crippen LogP contribution in [-0.4, -0.2) is 11.6 Å². The van der Waals surface area contributed by atoms with Crippen LogP contribution in [0.2, 0.25) is 5.02 Å². The fourth-order valence-electron chi connectivity index (χ4n) is 3.96. The lowest BCUT2D eigenvalue weighted by atomic mass is 10.1. The predicted octanol–water partition coefficient (Wildman–Crippen LogP) is 2.14. The normalized spacial score (nSPS) is 15.2. The minimum atomic E-state index is -4.36. The Morgan fingerprint density at radius 2 is 1.86 bits per heavy atom. The van der Waals surface area contributed by atoms with E-state index in [1.54, 1.807) is 4.57 Å². The summed E-state index contributed by atoms with van der Waals surface area (Å²) >= 11 is 10.6. The van der Waals surface area contributed by atoms with Crippen LogP contribution < -0.4 is 36.6 Å². The molecule has 0 saturated carbocycles. The second-order valence-electron chi connectivity index (χ2n) is 8.11. The number of benzene rings is 2. The number of hydrogen-bond donors (Lipinski definition) is 0.